The second-order valence-corrected chi connectivity index (χ2v) is 14.5. The molecule has 0 N–H and O–H groups in total. The molecule has 2 saturated carbocycles. The van der Waals surface area contributed by atoms with Crippen LogP contribution in [-0.4, -0.2) is 46.8 Å². The third-order valence-corrected chi connectivity index (χ3v) is 11.9. The summed E-state index contributed by atoms with van der Waals surface area (Å²) in [6, 6.07) is 17.9. The minimum Gasteiger partial charge on any atom is -0.458 e. The zero-order valence-electron chi connectivity index (χ0n) is 25.5. The Morgan fingerprint density at radius 2 is 1.82 bits per heavy atom. The molecule has 230 valence electrons. The molecule has 8 atom stereocenters. The fourth-order valence-electron chi connectivity index (χ4n) is 9.53. The van der Waals surface area contributed by atoms with Crippen LogP contribution in [0.3, 0.4) is 0 Å². The summed E-state index contributed by atoms with van der Waals surface area (Å²) in [6.45, 7) is 8.06. The largest absolute Gasteiger partial charge is 0.458 e. The molecule has 2 aromatic carbocycles. The van der Waals surface area contributed by atoms with Crippen molar-refractivity contribution < 1.29 is 23.7 Å². The number of carbonyl (C=O) groups is 1. The van der Waals surface area contributed by atoms with Gasteiger partial charge in [0.1, 0.15) is 12.3 Å². The Hall–Kier alpha value is -2.97. The van der Waals surface area contributed by atoms with Crippen LogP contribution >= 0.6 is 11.6 Å². The Bertz CT molecular complexity index is 1640. The number of fused-ring (bicyclic) bond motifs is 5. The molecule has 3 aliphatic heterocycles. The van der Waals surface area contributed by atoms with Crippen molar-refractivity contribution in [2.75, 3.05) is 13.2 Å². The number of hydrogen-bond donors (Lipinski definition) is 0. The van der Waals surface area contributed by atoms with Crippen LogP contribution in [-0.2, 0) is 23.7 Å². The normalized spacial score (nSPS) is 38.0. The molecule has 5 aliphatic rings. The number of ether oxygens (including phenoxy) is 4. The van der Waals surface area contributed by atoms with E-state index in [0.29, 0.717) is 35.6 Å². The van der Waals surface area contributed by atoms with E-state index in [9.17, 15) is 4.79 Å². The highest BCUT2D eigenvalue weighted by molar-refractivity contribution is 6.30. The molecule has 3 aromatic rings. The van der Waals surface area contributed by atoms with E-state index in [-0.39, 0.29) is 34.6 Å². The molecule has 4 fully saturated rings. The summed E-state index contributed by atoms with van der Waals surface area (Å²) in [4.78, 5) is 12.4. The second kappa shape index (κ2) is 10.3. The molecule has 1 aromatic heterocycles. The van der Waals surface area contributed by atoms with Crippen molar-refractivity contribution in [3.05, 3.63) is 83.0 Å². The van der Waals surface area contributed by atoms with Crippen LogP contribution in [0.2, 0.25) is 5.02 Å². The first-order valence-corrected chi connectivity index (χ1v) is 16.3. The van der Waals surface area contributed by atoms with Gasteiger partial charge in [0.2, 0.25) is 0 Å². The number of halogens is 1. The van der Waals surface area contributed by atoms with Crippen molar-refractivity contribution in [1.29, 1.82) is 0 Å². The first-order valence-electron chi connectivity index (χ1n) is 15.9. The second-order valence-electron chi connectivity index (χ2n) is 14.1. The zero-order chi connectivity index (χ0) is 30.3. The maximum atomic E-state index is 12.4. The van der Waals surface area contributed by atoms with Crippen LogP contribution in [0.4, 0.5) is 0 Å². The quantitative estimate of drug-likeness (QED) is 0.284. The van der Waals surface area contributed by atoms with Gasteiger partial charge in [-0.25, -0.2) is 9.48 Å². The van der Waals surface area contributed by atoms with E-state index in [1.807, 2.05) is 71.6 Å². The van der Waals surface area contributed by atoms with Crippen LogP contribution in [0.5, 0.6) is 0 Å². The number of carbonyl (C=O) groups excluding carboxylic acids is 1. The average molecular weight is 615 g/mol. The highest BCUT2D eigenvalue weighted by Crippen LogP contribution is 2.67. The number of benzene rings is 2. The van der Waals surface area contributed by atoms with Gasteiger partial charge in [-0.1, -0.05) is 55.8 Å². The summed E-state index contributed by atoms with van der Waals surface area (Å²) in [6.07, 6.45) is 8.16. The van der Waals surface area contributed by atoms with Crippen molar-refractivity contribution in [3.8, 4) is 16.9 Å². The first kappa shape index (κ1) is 28.5. The molecule has 44 heavy (non-hydrogen) atoms. The molecule has 7 nitrogen and oxygen atoms in total. The maximum absolute atomic E-state index is 12.4. The number of cyclic esters (lactones) is 1. The lowest BCUT2D eigenvalue weighted by Gasteiger charge is -2.64. The van der Waals surface area contributed by atoms with Gasteiger partial charge in [0.05, 0.1) is 41.2 Å². The van der Waals surface area contributed by atoms with Crippen LogP contribution in [0.1, 0.15) is 64.7 Å². The van der Waals surface area contributed by atoms with Crippen LogP contribution in [0, 0.1) is 22.7 Å². The van der Waals surface area contributed by atoms with Crippen molar-refractivity contribution in [3.63, 3.8) is 0 Å². The summed E-state index contributed by atoms with van der Waals surface area (Å²) in [7, 11) is 0. The van der Waals surface area contributed by atoms with E-state index in [0.717, 1.165) is 54.6 Å². The smallest absolute Gasteiger partial charge is 0.336 e. The fourth-order valence-corrected chi connectivity index (χ4v) is 9.72. The van der Waals surface area contributed by atoms with Gasteiger partial charge in [0.15, 0.2) is 6.29 Å². The molecule has 4 heterocycles. The molecule has 0 amide bonds. The lowest BCUT2D eigenvalue weighted by molar-refractivity contribution is -0.314. The van der Waals surface area contributed by atoms with E-state index in [2.05, 4.69) is 20.8 Å². The molecule has 0 spiro atoms. The topological polar surface area (TPSA) is 71.8 Å². The van der Waals surface area contributed by atoms with Crippen LogP contribution in [0.25, 0.3) is 16.9 Å². The van der Waals surface area contributed by atoms with Gasteiger partial charge in [-0.2, -0.15) is 5.10 Å². The average Bonchev–Trinajstić information content (AvgIpc) is 3.74. The lowest BCUT2D eigenvalue weighted by Crippen LogP contribution is -2.63. The van der Waals surface area contributed by atoms with Crippen molar-refractivity contribution in [2.45, 2.75) is 77.0 Å². The Morgan fingerprint density at radius 3 is 2.59 bits per heavy atom. The van der Waals surface area contributed by atoms with Crippen LogP contribution in [0.15, 0.2) is 72.4 Å². The first-order chi connectivity index (χ1) is 21.2. The van der Waals surface area contributed by atoms with E-state index in [4.69, 9.17) is 35.6 Å². The molecule has 3 unspecified atom stereocenters. The molecular weight excluding hydrogens is 576 g/mol. The standard InChI is InChI=1S/C36H39ClN2O5/c1-34-15-13-30-35(2,28(34)12-16-36(3)29(34)19-27(44-36)25-14-17-41-32(25)40)21-42-33(43-30)26-20-39(24-10-5-4-6-11-24)38-31(26)22-8-7-9-23(37)18-22/h4-11,14,18,20,27-30,33H,12-13,15-17,19,21H2,1-3H3/t27?,28-,29-,30+,33?,34+,35-,36?/m0/s1. The van der Waals surface area contributed by atoms with E-state index in [1.54, 1.807) is 0 Å². The Labute approximate surface area is 263 Å². The number of hydrogen-bond acceptors (Lipinski definition) is 6. The molecule has 8 heteroatoms. The Balaban J connectivity index is 1.08. The highest BCUT2D eigenvalue weighted by Gasteiger charge is 2.66. The lowest BCUT2D eigenvalue weighted by atomic mass is 9.44. The van der Waals surface area contributed by atoms with Gasteiger partial charge in [0, 0.05) is 22.2 Å². The van der Waals surface area contributed by atoms with Gasteiger partial charge in [-0.3, -0.25) is 0 Å². The van der Waals surface area contributed by atoms with Crippen molar-refractivity contribution in [2.24, 2.45) is 22.7 Å². The van der Waals surface area contributed by atoms with E-state index < -0.39 is 6.29 Å². The highest BCUT2D eigenvalue weighted by atomic mass is 35.5. The van der Waals surface area contributed by atoms with E-state index >= 15 is 0 Å². The molecule has 0 bridgehead atoms. The van der Waals surface area contributed by atoms with Crippen molar-refractivity contribution >= 4 is 17.6 Å². The van der Waals surface area contributed by atoms with Gasteiger partial charge in [-0.15, -0.1) is 0 Å². The summed E-state index contributed by atoms with van der Waals surface area (Å²) >= 11 is 6.41. The van der Waals surface area contributed by atoms with Gasteiger partial charge < -0.3 is 18.9 Å². The monoisotopic (exact) mass is 614 g/mol. The molecule has 8 rings (SSSR count). The number of rotatable bonds is 4. The SMILES string of the molecule is CC12CC[C@@H]3[C@]4(C)COC(c5cn(-c6ccccc6)nc5-c5cccc(Cl)c5)O[C@@H]4CC[C@@]3(C)[C@@H]1CC(C1=CCOC1=O)O2. The minimum atomic E-state index is -0.530. The third kappa shape index (κ3) is 4.34. The minimum absolute atomic E-state index is 0.0553. The third-order valence-electron chi connectivity index (χ3n) is 11.6. The summed E-state index contributed by atoms with van der Waals surface area (Å²) in [5.74, 6) is 0.545. The predicted molar refractivity (Wildman–Crippen MR) is 166 cm³/mol. The Morgan fingerprint density at radius 1 is 0.977 bits per heavy atom. The van der Waals surface area contributed by atoms with E-state index in [1.165, 1.54) is 0 Å². The number of esters is 1. The molecular formula is C36H39ClN2O5. The molecule has 0 radical (unpaired) electrons. The maximum Gasteiger partial charge on any atom is 0.336 e. The number of aromatic nitrogens is 2. The number of nitrogens with zero attached hydrogens (tertiary/aromatic N) is 2. The van der Waals surface area contributed by atoms with Crippen molar-refractivity contribution in [1.82, 2.24) is 9.78 Å². The zero-order valence-corrected chi connectivity index (χ0v) is 26.3. The van der Waals surface area contributed by atoms with Gasteiger partial charge >= 0.3 is 5.97 Å². The Kier molecular flexibility index (Phi) is 6.66. The molecule has 2 aliphatic carbocycles. The summed E-state index contributed by atoms with van der Waals surface area (Å²) < 4.78 is 27.5. The summed E-state index contributed by atoms with van der Waals surface area (Å²) in [5, 5.41) is 5.66. The van der Waals surface area contributed by atoms with Gasteiger partial charge in [0.25, 0.3) is 0 Å². The van der Waals surface area contributed by atoms with Gasteiger partial charge in [-0.05, 0) is 86.6 Å². The fraction of sp³-hybridized carbons (Fsp3) is 0.500. The molecule has 2 saturated heterocycles. The summed E-state index contributed by atoms with van der Waals surface area (Å²) in [5.41, 5.74) is 4.00. The number of para-hydroxylation sites is 1. The predicted octanol–water partition coefficient (Wildman–Crippen LogP) is 7.47. The van der Waals surface area contributed by atoms with Crippen LogP contribution < -0.4 is 0 Å².